The average molecular weight is 382 g/mol. The SMILES string of the molecule is CCCCSSCCN=Cc1cc(O)c(OC)cc1-c1cccs1. The van der Waals surface area contributed by atoms with Crippen LogP contribution >= 0.6 is 32.9 Å². The maximum Gasteiger partial charge on any atom is 0.161 e. The Hall–Kier alpha value is -1.11. The molecule has 24 heavy (non-hydrogen) atoms. The lowest BCUT2D eigenvalue weighted by Crippen LogP contribution is -1.93. The predicted molar refractivity (Wildman–Crippen MR) is 110 cm³/mol. The summed E-state index contributed by atoms with van der Waals surface area (Å²) in [4.78, 5) is 5.66. The number of nitrogens with zero attached hydrogens (tertiary/aromatic N) is 1. The van der Waals surface area contributed by atoms with E-state index in [-0.39, 0.29) is 5.75 Å². The molecular weight excluding hydrogens is 358 g/mol. The van der Waals surface area contributed by atoms with E-state index in [0.29, 0.717) is 5.75 Å². The number of aromatic hydroxyl groups is 1. The van der Waals surface area contributed by atoms with Crippen molar-refractivity contribution in [2.45, 2.75) is 19.8 Å². The molecule has 0 aliphatic heterocycles. The number of thiophene rings is 1. The van der Waals surface area contributed by atoms with Gasteiger partial charge < -0.3 is 9.84 Å². The summed E-state index contributed by atoms with van der Waals surface area (Å²) in [6, 6.07) is 7.68. The van der Waals surface area contributed by atoms with Crippen LogP contribution in [-0.4, -0.2) is 36.5 Å². The molecule has 0 fully saturated rings. The van der Waals surface area contributed by atoms with E-state index in [1.165, 1.54) is 18.6 Å². The van der Waals surface area contributed by atoms with Gasteiger partial charge in [-0.2, -0.15) is 0 Å². The molecule has 3 nitrogen and oxygen atoms in total. The molecule has 2 rings (SSSR count). The Bertz CT molecular complexity index is 642. The first-order chi connectivity index (χ1) is 11.8. The molecular formula is C18H23NO2S3. The highest BCUT2D eigenvalue weighted by molar-refractivity contribution is 8.76. The number of phenolic OH excluding ortho intramolecular Hbond substituents is 1. The first-order valence-corrected chi connectivity index (χ1v) is 11.3. The standard InChI is InChI=1S/C18H23NO2S3/c1-3-4-9-23-24-10-7-19-13-14-11-16(20)17(21-2)12-15(14)18-6-5-8-22-18/h5-6,8,11-13,20H,3-4,7,9-10H2,1-2H3. The van der Waals surface area contributed by atoms with E-state index in [0.717, 1.165) is 28.3 Å². The summed E-state index contributed by atoms with van der Waals surface area (Å²) in [6.45, 7) is 2.99. The largest absolute Gasteiger partial charge is 0.504 e. The van der Waals surface area contributed by atoms with Gasteiger partial charge in [-0.3, -0.25) is 4.99 Å². The number of hydrogen-bond acceptors (Lipinski definition) is 6. The maximum atomic E-state index is 10.0. The number of phenols is 1. The molecule has 1 aromatic carbocycles. The Morgan fingerprint density at radius 2 is 2.12 bits per heavy atom. The fraction of sp³-hybridized carbons (Fsp3) is 0.389. The lowest BCUT2D eigenvalue weighted by Gasteiger charge is -2.09. The van der Waals surface area contributed by atoms with E-state index in [9.17, 15) is 5.11 Å². The molecule has 0 saturated heterocycles. The van der Waals surface area contributed by atoms with Crippen molar-refractivity contribution in [3.63, 3.8) is 0 Å². The highest BCUT2D eigenvalue weighted by Gasteiger charge is 2.11. The van der Waals surface area contributed by atoms with E-state index in [1.54, 1.807) is 24.5 Å². The molecule has 0 amide bonds. The van der Waals surface area contributed by atoms with E-state index in [2.05, 4.69) is 18.0 Å². The fourth-order valence-electron chi connectivity index (χ4n) is 2.07. The Labute approximate surface area is 155 Å². The van der Waals surface area contributed by atoms with Gasteiger partial charge in [0.15, 0.2) is 11.5 Å². The zero-order valence-corrected chi connectivity index (χ0v) is 16.5. The summed E-state index contributed by atoms with van der Waals surface area (Å²) in [5, 5.41) is 12.1. The molecule has 1 N–H and O–H groups in total. The zero-order valence-electron chi connectivity index (χ0n) is 14.0. The third-order valence-corrected chi connectivity index (χ3v) is 6.71. The molecule has 0 radical (unpaired) electrons. The summed E-state index contributed by atoms with van der Waals surface area (Å²) in [5.41, 5.74) is 1.95. The van der Waals surface area contributed by atoms with Crippen LogP contribution in [0.25, 0.3) is 10.4 Å². The van der Waals surface area contributed by atoms with Crippen LogP contribution in [0.1, 0.15) is 25.3 Å². The molecule has 0 spiro atoms. The topological polar surface area (TPSA) is 41.8 Å². The highest BCUT2D eigenvalue weighted by atomic mass is 33.1. The second-order valence-corrected chi connectivity index (χ2v) is 8.77. The molecule has 0 aliphatic rings. The van der Waals surface area contributed by atoms with Gasteiger partial charge in [0.1, 0.15) is 0 Å². The smallest absolute Gasteiger partial charge is 0.161 e. The molecule has 0 saturated carbocycles. The quantitative estimate of drug-likeness (QED) is 0.324. The van der Waals surface area contributed by atoms with Crippen LogP contribution in [0.15, 0.2) is 34.6 Å². The second-order valence-electron chi connectivity index (χ2n) is 5.12. The Kier molecular flexibility index (Phi) is 8.56. The number of benzene rings is 1. The molecule has 0 aliphatic carbocycles. The van der Waals surface area contributed by atoms with Crippen LogP contribution in [0.5, 0.6) is 11.5 Å². The lowest BCUT2D eigenvalue weighted by molar-refractivity contribution is 0.373. The van der Waals surface area contributed by atoms with Crippen molar-refractivity contribution in [2.75, 3.05) is 25.2 Å². The van der Waals surface area contributed by atoms with Gasteiger partial charge >= 0.3 is 0 Å². The molecule has 1 aromatic heterocycles. The monoisotopic (exact) mass is 381 g/mol. The van der Waals surface area contributed by atoms with Crippen molar-refractivity contribution in [3.8, 4) is 21.9 Å². The number of aliphatic imine (C=N–C) groups is 1. The van der Waals surface area contributed by atoms with Crippen molar-refractivity contribution in [1.29, 1.82) is 0 Å². The van der Waals surface area contributed by atoms with Crippen LogP contribution in [0, 0.1) is 0 Å². The minimum absolute atomic E-state index is 0.142. The van der Waals surface area contributed by atoms with Gasteiger partial charge in [-0.05, 0) is 30.0 Å². The minimum atomic E-state index is 0.142. The van der Waals surface area contributed by atoms with Gasteiger partial charge in [0.25, 0.3) is 0 Å². The van der Waals surface area contributed by atoms with Crippen LogP contribution in [0.4, 0.5) is 0 Å². The van der Waals surface area contributed by atoms with E-state index in [4.69, 9.17) is 4.74 Å². The van der Waals surface area contributed by atoms with Gasteiger partial charge in [0.2, 0.25) is 0 Å². The number of ether oxygens (including phenoxy) is 1. The van der Waals surface area contributed by atoms with Gasteiger partial charge in [-0.25, -0.2) is 0 Å². The molecule has 0 unspecified atom stereocenters. The van der Waals surface area contributed by atoms with E-state index in [1.807, 2.05) is 45.3 Å². The summed E-state index contributed by atoms with van der Waals surface area (Å²) >= 11 is 1.66. The Balaban J connectivity index is 2.01. The first-order valence-electron chi connectivity index (χ1n) is 7.95. The summed E-state index contributed by atoms with van der Waals surface area (Å²) < 4.78 is 5.23. The minimum Gasteiger partial charge on any atom is -0.504 e. The van der Waals surface area contributed by atoms with E-state index < -0.39 is 0 Å². The third kappa shape index (κ3) is 5.76. The van der Waals surface area contributed by atoms with Gasteiger partial charge in [-0.15, -0.1) is 11.3 Å². The van der Waals surface area contributed by atoms with Crippen molar-refractivity contribution < 1.29 is 9.84 Å². The van der Waals surface area contributed by atoms with Crippen molar-refractivity contribution >= 4 is 39.1 Å². The van der Waals surface area contributed by atoms with Gasteiger partial charge in [-0.1, -0.05) is 41.0 Å². The van der Waals surface area contributed by atoms with E-state index >= 15 is 0 Å². The fourth-order valence-corrected chi connectivity index (χ4v) is 4.95. The normalized spacial score (nSPS) is 11.2. The Morgan fingerprint density at radius 3 is 2.83 bits per heavy atom. The summed E-state index contributed by atoms with van der Waals surface area (Å²) in [5.74, 6) is 2.84. The first kappa shape index (κ1) is 19.2. The molecule has 0 bridgehead atoms. The molecule has 2 aromatic rings. The summed E-state index contributed by atoms with van der Waals surface area (Å²) in [6.07, 6.45) is 4.37. The molecule has 6 heteroatoms. The predicted octanol–water partition coefficient (Wildman–Crippen LogP) is 5.73. The molecule has 1 heterocycles. The van der Waals surface area contributed by atoms with Crippen molar-refractivity contribution in [2.24, 2.45) is 4.99 Å². The van der Waals surface area contributed by atoms with Crippen LogP contribution < -0.4 is 4.74 Å². The summed E-state index contributed by atoms with van der Waals surface area (Å²) in [7, 11) is 5.36. The third-order valence-electron chi connectivity index (χ3n) is 3.34. The number of rotatable bonds is 10. The molecule has 0 atom stereocenters. The van der Waals surface area contributed by atoms with Crippen molar-refractivity contribution in [1.82, 2.24) is 0 Å². The number of unbranched alkanes of at least 4 members (excludes halogenated alkanes) is 1. The molecule has 130 valence electrons. The van der Waals surface area contributed by atoms with Gasteiger partial charge in [0, 0.05) is 40.3 Å². The second kappa shape index (κ2) is 10.7. The lowest BCUT2D eigenvalue weighted by atomic mass is 10.1. The number of methoxy groups -OCH3 is 1. The maximum absolute atomic E-state index is 10.0. The van der Waals surface area contributed by atoms with Crippen LogP contribution in [0.3, 0.4) is 0 Å². The zero-order chi connectivity index (χ0) is 17.2. The van der Waals surface area contributed by atoms with Gasteiger partial charge in [0.05, 0.1) is 7.11 Å². The van der Waals surface area contributed by atoms with Crippen molar-refractivity contribution in [3.05, 3.63) is 35.2 Å². The van der Waals surface area contributed by atoms with Crippen LogP contribution in [0.2, 0.25) is 0 Å². The Morgan fingerprint density at radius 1 is 1.29 bits per heavy atom. The van der Waals surface area contributed by atoms with Crippen LogP contribution in [-0.2, 0) is 0 Å². The highest BCUT2D eigenvalue weighted by Crippen LogP contribution is 2.36. The number of hydrogen-bond donors (Lipinski definition) is 1. The average Bonchev–Trinajstić information content (AvgIpc) is 3.11.